The van der Waals surface area contributed by atoms with Crippen molar-refractivity contribution in [1.82, 2.24) is 4.90 Å². The Labute approximate surface area is 99.6 Å². The summed E-state index contributed by atoms with van der Waals surface area (Å²) in [6.07, 6.45) is 1.80. The molecule has 0 aromatic heterocycles. The molecular weight excluding hydrogens is 226 g/mol. The van der Waals surface area contributed by atoms with Crippen molar-refractivity contribution in [2.24, 2.45) is 0 Å². The summed E-state index contributed by atoms with van der Waals surface area (Å²) >= 11 is 5.87. The molecule has 1 heterocycles. The molecule has 1 N–H and O–H groups in total. The van der Waals surface area contributed by atoms with Gasteiger partial charge in [-0.3, -0.25) is 4.79 Å². The van der Waals surface area contributed by atoms with Gasteiger partial charge in [-0.15, -0.1) is 0 Å². The Kier molecular flexibility index (Phi) is 3.06. The Morgan fingerprint density at radius 2 is 2.25 bits per heavy atom. The van der Waals surface area contributed by atoms with Crippen LogP contribution < -0.4 is 0 Å². The monoisotopic (exact) mass is 239 g/mol. The molecule has 0 saturated carbocycles. The summed E-state index contributed by atoms with van der Waals surface area (Å²) in [5, 5.41) is 10.2. The molecule has 0 fully saturated rings. The van der Waals surface area contributed by atoms with Gasteiger partial charge in [0.1, 0.15) is 5.75 Å². The second-order valence-corrected chi connectivity index (χ2v) is 4.48. The fraction of sp³-hybridized carbons (Fsp3) is 0.417. The number of nitrogens with zero attached hydrogens (tertiary/aromatic N) is 1. The molecule has 1 aromatic carbocycles. The minimum absolute atomic E-state index is 0.0345. The summed E-state index contributed by atoms with van der Waals surface area (Å²) in [4.78, 5) is 13.1. The molecule has 0 bridgehead atoms. The van der Waals surface area contributed by atoms with Gasteiger partial charge in [0.15, 0.2) is 0 Å². The molecule has 0 aliphatic carbocycles. The van der Waals surface area contributed by atoms with Crippen molar-refractivity contribution in [3.63, 3.8) is 0 Å². The number of benzene rings is 1. The number of aryl methyl sites for hydroxylation is 1. The standard InChI is InChI=1S/C12H14ClNO2/c1-8(15)14-6-2-3-9-4-5-11(13)12(16)10(9)7-14/h4-5,16H,2-3,6-7H2,1H3. The highest BCUT2D eigenvalue weighted by atomic mass is 35.5. The predicted molar refractivity (Wildman–Crippen MR) is 62.5 cm³/mol. The third-order valence-electron chi connectivity index (χ3n) is 3.00. The van der Waals surface area contributed by atoms with E-state index in [1.807, 2.05) is 6.07 Å². The van der Waals surface area contributed by atoms with Gasteiger partial charge in [-0.1, -0.05) is 17.7 Å². The van der Waals surface area contributed by atoms with Crippen molar-refractivity contribution >= 4 is 17.5 Å². The number of hydrogen-bond acceptors (Lipinski definition) is 2. The normalized spacial score (nSPS) is 15.5. The van der Waals surface area contributed by atoms with E-state index in [4.69, 9.17) is 11.6 Å². The zero-order chi connectivity index (χ0) is 11.7. The van der Waals surface area contributed by atoms with Gasteiger partial charge in [-0.05, 0) is 24.5 Å². The number of carbonyl (C=O) groups excluding carboxylic acids is 1. The number of aromatic hydroxyl groups is 1. The van der Waals surface area contributed by atoms with E-state index in [-0.39, 0.29) is 11.7 Å². The summed E-state index contributed by atoms with van der Waals surface area (Å²) in [6.45, 7) is 2.74. The zero-order valence-corrected chi connectivity index (χ0v) is 9.92. The molecule has 1 aliphatic heterocycles. The van der Waals surface area contributed by atoms with E-state index in [1.165, 1.54) is 0 Å². The van der Waals surface area contributed by atoms with Crippen LogP contribution in [-0.2, 0) is 17.8 Å². The number of phenolic OH excluding ortho intramolecular Hbond substituents is 1. The van der Waals surface area contributed by atoms with Crippen LogP contribution in [0, 0.1) is 0 Å². The number of carbonyl (C=O) groups is 1. The van der Waals surface area contributed by atoms with E-state index in [0.717, 1.165) is 30.5 Å². The number of fused-ring (bicyclic) bond motifs is 1. The molecule has 3 nitrogen and oxygen atoms in total. The smallest absolute Gasteiger partial charge is 0.219 e. The maximum Gasteiger partial charge on any atom is 0.219 e. The molecule has 0 saturated heterocycles. The van der Waals surface area contributed by atoms with E-state index in [2.05, 4.69) is 0 Å². The number of rotatable bonds is 0. The third-order valence-corrected chi connectivity index (χ3v) is 3.30. The SMILES string of the molecule is CC(=O)N1CCCc2ccc(Cl)c(O)c2C1. The minimum atomic E-state index is 0.0345. The first-order valence-corrected chi connectivity index (χ1v) is 5.72. The molecule has 1 aliphatic rings. The van der Waals surface area contributed by atoms with Crippen molar-refractivity contribution in [3.8, 4) is 5.75 Å². The van der Waals surface area contributed by atoms with Crippen molar-refractivity contribution in [2.75, 3.05) is 6.54 Å². The lowest BCUT2D eigenvalue weighted by Crippen LogP contribution is -2.28. The topological polar surface area (TPSA) is 40.5 Å². The summed E-state index contributed by atoms with van der Waals surface area (Å²) in [5.74, 6) is 0.152. The Hall–Kier alpha value is -1.22. The van der Waals surface area contributed by atoms with Crippen molar-refractivity contribution in [1.29, 1.82) is 0 Å². The Morgan fingerprint density at radius 3 is 2.94 bits per heavy atom. The van der Waals surface area contributed by atoms with Gasteiger partial charge in [-0.25, -0.2) is 0 Å². The van der Waals surface area contributed by atoms with Crippen LogP contribution in [-0.4, -0.2) is 22.5 Å². The van der Waals surface area contributed by atoms with Crippen LogP contribution >= 0.6 is 11.6 Å². The average molecular weight is 240 g/mol. The molecular formula is C12H14ClNO2. The second-order valence-electron chi connectivity index (χ2n) is 4.08. The van der Waals surface area contributed by atoms with Crippen LogP contribution in [0.2, 0.25) is 5.02 Å². The Bertz CT molecular complexity index is 431. The summed E-state index contributed by atoms with van der Waals surface area (Å²) < 4.78 is 0. The van der Waals surface area contributed by atoms with Crippen molar-refractivity contribution in [2.45, 2.75) is 26.3 Å². The van der Waals surface area contributed by atoms with Crippen LogP contribution in [0.15, 0.2) is 12.1 Å². The summed E-state index contributed by atoms with van der Waals surface area (Å²) in [6, 6.07) is 3.64. The molecule has 0 spiro atoms. The molecule has 4 heteroatoms. The van der Waals surface area contributed by atoms with Crippen LogP contribution in [0.4, 0.5) is 0 Å². The fourth-order valence-corrected chi connectivity index (χ4v) is 2.24. The fourth-order valence-electron chi connectivity index (χ4n) is 2.06. The lowest BCUT2D eigenvalue weighted by molar-refractivity contribution is -0.129. The number of amides is 1. The van der Waals surface area contributed by atoms with E-state index < -0.39 is 0 Å². The maximum absolute atomic E-state index is 11.4. The molecule has 16 heavy (non-hydrogen) atoms. The second kappa shape index (κ2) is 4.34. The molecule has 1 aromatic rings. The zero-order valence-electron chi connectivity index (χ0n) is 9.16. The minimum Gasteiger partial charge on any atom is -0.506 e. The average Bonchev–Trinajstić information content (AvgIpc) is 2.46. The molecule has 2 rings (SSSR count). The van der Waals surface area contributed by atoms with E-state index in [0.29, 0.717) is 11.6 Å². The predicted octanol–water partition coefficient (Wildman–Crippen LogP) is 2.34. The van der Waals surface area contributed by atoms with Crippen LogP contribution in [0.3, 0.4) is 0 Å². The first kappa shape index (κ1) is 11.3. The molecule has 0 unspecified atom stereocenters. The van der Waals surface area contributed by atoms with E-state index in [1.54, 1.807) is 17.9 Å². The van der Waals surface area contributed by atoms with Gasteiger partial charge in [0.25, 0.3) is 0 Å². The lowest BCUT2D eigenvalue weighted by Gasteiger charge is -2.19. The largest absolute Gasteiger partial charge is 0.506 e. The Morgan fingerprint density at radius 1 is 1.50 bits per heavy atom. The third kappa shape index (κ3) is 2.00. The highest BCUT2D eigenvalue weighted by Gasteiger charge is 2.20. The summed E-state index contributed by atoms with van der Waals surface area (Å²) in [5.41, 5.74) is 1.88. The first-order valence-electron chi connectivity index (χ1n) is 5.34. The highest BCUT2D eigenvalue weighted by molar-refractivity contribution is 6.32. The quantitative estimate of drug-likeness (QED) is 0.755. The molecule has 0 radical (unpaired) electrons. The number of halogens is 1. The van der Waals surface area contributed by atoms with Gasteiger partial charge in [0.2, 0.25) is 5.91 Å². The van der Waals surface area contributed by atoms with Gasteiger partial charge < -0.3 is 10.0 Å². The van der Waals surface area contributed by atoms with Gasteiger partial charge in [0.05, 0.1) is 5.02 Å². The van der Waals surface area contributed by atoms with Gasteiger partial charge in [0, 0.05) is 25.6 Å². The van der Waals surface area contributed by atoms with Crippen LogP contribution in [0.25, 0.3) is 0 Å². The number of hydrogen-bond donors (Lipinski definition) is 1. The van der Waals surface area contributed by atoms with Crippen molar-refractivity contribution in [3.05, 3.63) is 28.3 Å². The molecule has 0 atom stereocenters. The highest BCUT2D eigenvalue weighted by Crippen LogP contribution is 2.33. The van der Waals surface area contributed by atoms with Gasteiger partial charge in [-0.2, -0.15) is 0 Å². The van der Waals surface area contributed by atoms with Crippen LogP contribution in [0.1, 0.15) is 24.5 Å². The number of phenols is 1. The van der Waals surface area contributed by atoms with Crippen LogP contribution in [0.5, 0.6) is 5.75 Å². The van der Waals surface area contributed by atoms with Crippen molar-refractivity contribution < 1.29 is 9.90 Å². The molecule has 86 valence electrons. The summed E-state index contributed by atoms with van der Waals surface area (Å²) in [7, 11) is 0. The van der Waals surface area contributed by atoms with Gasteiger partial charge >= 0.3 is 0 Å². The first-order chi connectivity index (χ1) is 7.59. The van der Waals surface area contributed by atoms with E-state index >= 15 is 0 Å². The molecule has 1 amide bonds. The maximum atomic E-state index is 11.4. The lowest BCUT2D eigenvalue weighted by atomic mass is 10.0. The Balaban J connectivity index is 2.41. The van der Waals surface area contributed by atoms with E-state index in [9.17, 15) is 9.90 Å².